The zero-order valence-electron chi connectivity index (χ0n) is 10.6. The van der Waals surface area contributed by atoms with Gasteiger partial charge >= 0.3 is 0 Å². The van der Waals surface area contributed by atoms with Crippen molar-refractivity contribution in [1.29, 1.82) is 0 Å². The van der Waals surface area contributed by atoms with Crippen LogP contribution in [0.15, 0.2) is 48.5 Å². The van der Waals surface area contributed by atoms with Crippen LogP contribution in [0, 0.1) is 13.8 Å². The van der Waals surface area contributed by atoms with E-state index in [9.17, 15) is 0 Å². The highest BCUT2D eigenvalue weighted by Crippen LogP contribution is 2.08. The van der Waals surface area contributed by atoms with Gasteiger partial charge in [0, 0.05) is 0 Å². The SMILES string of the molecule is C=O.Cc1ccc(O)cc1.Cc1cccc(O)c1. The zero-order chi connectivity index (χ0) is 14.0. The lowest BCUT2D eigenvalue weighted by Crippen LogP contribution is -1.66. The lowest BCUT2D eigenvalue weighted by Gasteiger charge is -1.89. The summed E-state index contributed by atoms with van der Waals surface area (Å²) in [6, 6.07) is 14.2. The van der Waals surface area contributed by atoms with E-state index < -0.39 is 0 Å². The molecule has 18 heavy (non-hydrogen) atoms. The minimum atomic E-state index is 0.329. The maximum absolute atomic E-state index is 8.81. The number of hydrogen-bond donors (Lipinski definition) is 2. The number of carbonyl (C=O) groups excluding carboxylic acids is 1. The lowest BCUT2D eigenvalue weighted by molar-refractivity contribution is -0.0979. The summed E-state index contributed by atoms with van der Waals surface area (Å²) in [4.78, 5) is 8.00. The maximum atomic E-state index is 8.81. The largest absolute Gasteiger partial charge is 0.508 e. The van der Waals surface area contributed by atoms with Crippen LogP contribution in [-0.2, 0) is 4.79 Å². The van der Waals surface area contributed by atoms with E-state index in [0.29, 0.717) is 11.5 Å². The van der Waals surface area contributed by atoms with Crippen molar-refractivity contribution in [3.63, 3.8) is 0 Å². The third kappa shape index (κ3) is 7.06. The van der Waals surface area contributed by atoms with Crippen LogP contribution in [0.1, 0.15) is 11.1 Å². The number of phenolic OH excluding ortho intramolecular Hbond substituents is 2. The summed E-state index contributed by atoms with van der Waals surface area (Å²) >= 11 is 0. The number of benzene rings is 2. The van der Waals surface area contributed by atoms with Crippen LogP contribution >= 0.6 is 0 Å². The first-order valence-corrected chi connectivity index (χ1v) is 5.38. The van der Waals surface area contributed by atoms with Gasteiger partial charge < -0.3 is 15.0 Å². The van der Waals surface area contributed by atoms with Crippen molar-refractivity contribution in [3.05, 3.63) is 59.7 Å². The fourth-order valence-electron chi connectivity index (χ4n) is 1.17. The zero-order valence-corrected chi connectivity index (χ0v) is 10.6. The minimum absolute atomic E-state index is 0.329. The molecule has 2 N–H and O–H groups in total. The smallest absolute Gasteiger partial charge is 0.115 e. The van der Waals surface area contributed by atoms with E-state index >= 15 is 0 Å². The van der Waals surface area contributed by atoms with Crippen molar-refractivity contribution >= 4 is 6.79 Å². The Kier molecular flexibility index (Phi) is 7.69. The monoisotopic (exact) mass is 246 g/mol. The van der Waals surface area contributed by atoms with Crippen molar-refractivity contribution in [2.24, 2.45) is 0 Å². The van der Waals surface area contributed by atoms with Crippen LogP contribution in [0.4, 0.5) is 0 Å². The molecule has 0 radical (unpaired) electrons. The van der Waals surface area contributed by atoms with Crippen LogP contribution in [-0.4, -0.2) is 17.0 Å². The van der Waals surface area contributed by atoms with Gasteiger partial charge in [0.1, 0.15) is 18.3 Å². The summed E-state index contributed by atoms with van der Waals surface area (Å²) < 4.78 is 0. The van der Waals surface area contributed by atoms with E-state index in [0.717, 1.165) is 5.56 Å². The third-order valence-electron chi connectivity index (χ3n) is 2.04. The molecule has 2 aromatic carbocycles. The van der Waals surface area contributed by atoms with Gasteiger partial charge in [-0.2, -0.15) is 0 Å². The molecular weight excluding hydrogens is 228 g/mol. The van der Waals surface area contributed by atoms with E-state index in [1.165, 1.54) is 5.56 Å². The molecule has 0 saturated heterocycles. The molecule has 0 atom stereocenters. The van der Waals surface area contributed by atoms with Crippen molar-refractivity contribution in [2.45, 2.75) is 13.8 Å². The van der Waals surface area contributed by atoms with E-state index in [-0.39, 0.29) is 0 Å². The fourth-order valence-corrected chi connectivity index (χ4v) is 1.17. The van der Waals surface area contributed by atoms with Gasteiger partial charge in [0.05, 0.1) is 0 Å². The number of aromatic hydroxyl groups is 2. The highest BCUT2D eigenvalue weighted by molar-refractivity contribution is 5.25. The van der Waals surface area contributed by atoms with E-state index in [2.05, 4.69) is 0 Å². The molecule has 0 aliphatic heterocycles. The molecule has 0 spiro atoms. The molecule has 2 aromatic rings. The molecule has 0 aromatic heterocycles. The van der Waals surface area contributed by atoms with E-state index in [4.69, 9.17) is 15.0 Å². The van der Waals surface area contributed by atoms with Crippen LogP contribution < -0.4 is 0 Å². The van der Waals surface area contributed by atoms with Gasteiger partial charge in [-0.25, -0.2) is 0 Å². The first-order valence-electron chi connectivity index (χ1n) is 5.38. The van der Waals surface area contributed by atoms with E-state index in [1.54, 1.807) is 24.3 Å². The lowest BCUT2D eigenvalue weighted by atomic mass is 10.2. The quantitative estimate of drug-likeness (QED) is 0.750. The van der Waals surface area contributed by atoms with Crippen LogP contribution in [0.3, 0.4) is 0 Å². The minimum Gasteiger partial charge on any atom is -0.508 e. The van der Waals surface area contributed by atoms with Gasteiger partial charge in [-0.05, 0) is 43.7 Å². The normalized spacial score (nSPS) is 8.33. The Bertz CT molecular complexity index is 411. The molecule has 96 valence electrons. The molecule has 0 amide bonds. The Labute approximate surface area is 107 Å². The summed E-state index contributed by atoms with van der Waals surface area (Å²) in [5.41, 5.74) is 2.26. The van der Waals surface area contributed by atoms with Gasteiger partial charge in [0.2, 0.25) is 0 Å². The molecule has 0 saturated carbocycles. The van der Waals surface area contributed by atoms with Crippen molar-refractivity contribution in [3.8, 4) is 11.5 Å². The second-order valence-electron chi connectivity index (χ2n) is 3.67. The molecule has 0 bridgehead atoms. The number of carbonyl (C=O) groups is 1. The molecule has 0 aliphatic carbocycles. The summed E-state index contributed by atoms with van der Waals surface area (Å²) in [6.07, 6.45) is 0. The molecule has 3 heteroatoms. The van der Waals surface area contributed by atoms with Crippen LogP contribution in [0.5, 0.6) is 11.5 Å². The van der Waals surface area contributed by atoms with Gasteiger partial charge in [-0.3, -0.25) is 0 Å². The second-order valence-corrected chi connectivity index (χ2v) is 3.67. The Morgan fingerprint density at radius 2 is 1.33 bits per heavy atom. The summed E-state index contributed by atoms with van der Waals surface area (Å²) in [5.74, 6) is 0.667. The Balaban J connectivity index is 0.000000283. The summed E-state index contributed by atoms with van der Waals surface area (Å²) in [5, 5.41) is 17.6. The predicted molar refractivity (Wildman–Crippen MR) is 72.8 cm³/mol. The predicted octanol–water partition coefficient (Wildman–Crippen LogP) is 3.22. The molecule has 0 fully saturated rings. The highest BCUT2D eigenvalue weighted by Gasteiger charge is 1.83. The molecule has 0 aliphatic rings. The highest BCUT2D eigenvalue weighted by atomic mass is 16.3. The summed E-state index contributed by atoms with van der Waals surface area (Å²) in [6.45, 7) is 5.93. The maximum Gasteiger partial charge on any atom is 0.115 e. The summed E-state index contributed by atoms with van der Waals surface area (Å²) in [7, 11) is 0. The van der Waals surface area contributed by atoms with Crippen molar-refractivity contribution < 1.29 is 15.0 Å². The number of phenols is 2. The topological polar surface area (TPSA) is 57.5 Å². The molecule has 3 nitrogen and oxygen atoms in total. The average molecular weight is 246 g/mol. The average Bonchev–Trinajstić information content (AvgIpc) is 2.36. The molecular formula is C15H18O3. The number of rotatable bonds is 0. The van der Waals surface area contributed by atoms with Crippen LogP contribution in [0.2, 0.25) is 0 Å². The standard InChI is InChI=1S/2C7H8O.CH2O/c1-6-2-4-7(8)5-3-6;1-6-3-2-4-7(8)5-6;1-2/h2*2-5,8H,1H3;1H2. The fraction of sp³-hybridized carbons (Fsp3) is 0.133. The first kappa shape index (κ1) is 15.7. The first-order chi connectivity index (χ1) is 8.58. The second kappa shape index (κ2) is 8.82. The van der Waals surface area contributed by atoms with Gasteiger partial charge in [-0.1, -0.05) is 29.8 Å². The molecule has 0 unspecified atom stereocenters. The van der Waals surface area contributed by atoms with Gasteiger partial charge in [0.25, 0.3) is 0 Å². The number of hydrogen-bond acceptors (Lipinski definition) is 3. The van der Waals surface area contributed by atoms with Crippen molar-refractivity contribution in [1.82, 2.24) is 0 Å². The van der Waals surface area contributed by atoms with Crippen LogP contribution in [0.25, 0.3) is 0 Å². The third-order valence-corrected chi connectivity index (χ3v) is 2.04. The Hall–Kier alpha value is -2.29. The Morgan fingerprint density at radius 1 is 0.778 bits per heavy atom. The Morgan fingerprint density at radius 3 is 1.67 bits per heavy atom. The molecule has 0 heterocycles. The van der Waals surface area contributed by atoms with E-state index in [1.807, 2.05) is 44.9 Å². The van der Waals surface area contributed by atoms with Gasteiger partial charge in [-0.15, -0.1) is 0 Å². The number of aryl methyl sites for hydroxylation is 2. The van der Waals surface area contributed by atoms with Gasteiger partial charge in [0.15, 0.2) is 0 Å². The molecule has 2 rings (SSSR count). The van der Waals surface area contributed by atoms with Crippen molar-refractivity contribution in [2.75, 3.05) is 0 Å².